The van der Waals surface area contributed by atoms with Gasteiger partial charge in [0, 0.05) is 29.6 Å². The molecule has 2 N–H and O–H groups in total. The molecule has 1 radical (unpaired) electrons. The van der Waals surface area contributed by atoms with Crippen LogP contribution >= 0.6 is 0 Å². The fourth-order valence-corrected chi connectivity index (χ4v) is 3.42. The monoisotopic (exact) mass is 422 g/mol. The van der Waals surface area contributed by atoms with Crippen LogP contribution in [0.1, 0.15) is 11.4 Å². The van der Waals surface area contributed by atoms with Crippen LogP contribution in [0, 0.1) is 13.8 Å². The predicted octanol–water partition coefficient (Wildman–Crippen LogP) is 0.975. The summed E-state index contributed by atoms with van der Waals surface area (Å²) < 4.78 is 49.4. The van der Waals surface area contributed by atoms with E-state index in [1.165, 1.54) is 26.2 Å². The van der Waals surface area contributed by atoms with Crippen molar-refractivity contribution in [2.24, 2.45) is 0 Å². The molecular formula is C15H18FN5NaO5S. The van der Waals surface area contributed by atoms with Crippen molar-refractivity contribution >= 4 is 51.6 Å². The fraction of sp³-hybridized carbons (Fsp3) is 0.333. The summed E-state index contributed by atoms with van der Waals surface area (Å²) in [6.45, 7) is 1.96. The average molecular weight is 422 g/mol. The number of anilines is 1. The Kier molecular flexibility index (Phi) is 9.01. The first kappa shape index (κ1) is 24.0. The van der Waals surface area contributed by atoms with Crippen molar-refractivity contribution < 1.29 is 27.1 Å². The topological polar surface area (TPSA) is 132 Å². The number of amides is 2. The van der Waals surface area contributed by atoms with Crippen molar-refractivity contribution in [3.8, 4) is 11.8 Å². The molecule has 2 rings (SSSR count). The van der Waals surface area contributed by atoms with Gasteiger partial charge in [0.25, 0.3) is 10.0 Å². The number of nitrogens with one attached hydrogen (secondary N) is 2. The minimum Gasteiger partial charge on any atom is -0.489 e. The van der Waals surface area contributed by atoms with Gasteiger partial charge in [-0.25, -0.2) is 22.3 Å². The average Bonchev–Trinajstić information content (AvgIpc) is 2.58. The van der Waals surface area contributed by atoms with Gasteiger partial charge in [-0.2, -0.15) is 15.0 Å². The van der Waals surface area contributed by atoms with Gasteiger partial charge in [-0.1, -0.05) is 12.1 Å². The van der Waals surface area contributed by atoms with Crippen molar-refractivity contribution in [1.29, 1.82) is 0 Å². The third kappa shape index (κ3) is 6.26. The smallest absolute Gasteiger partial charge is 0.335 e. The summed E-state index contributed by atoms with van der Waals surface area (Å²) in [7, 11) is -2.98. The second-order valence-corrected chi connectivity index (χ2v) is 6.81. The van der Waals surface area contributed by atoms with Crippen LogP contribution < -0.4 is 19.5 Å². The Morgan fingerprint density at radius 1 is 1.21 bits per heavy atom. The maximum absolute atomic E-state index is 12.6. The molecule has 1 heterocycles. The maximum atomic E-state index is 12.6. The SMILES string of the molecule is COc1nc(C)nc(NC(=O)NS(=O)(=O)c2c(C)cccc2OCCF)n1.[Na]. The van der Waals surface area contributed by atoms with E-state index in [0.717, 1.165) is 0 Å². The molecule has 0 aliphatic heterocycles. The number of ether oxygens (including phenoxy) is 2. The number of sulfonamides is 1. The van der Waals surface area contributed by atoms with Gasteiger partial charge in [-0.15, -0.1) is 0 Å². The first-order chi connectivity index (χ1) is 12.8. The van der Waals surface area contributed by atoms with Crippen LogP contribution in [0.2, 0.25) is 0 Å². The fourth-order valence-electron chi connectivity index (χ4n) is 2.14. The molecule has 0 unspecified atom stereocenters. The number of carbonyl (C=O) groups is 1. The molecule has 0 aliphatic rings. The molecule has 2 aromatic rings. The molecule has 147 valence electrons. The number of urea groups is 1. The molecule has 0 saturated carbocycles. The molecule has 0 spiro atoms. The standard InChI is InChI=1S/C15H18FN5O5S.Na/c1-9-5-4-6-11(26-8-7-16)12(9)27(23,24)21-14(22)19-13-17-10(2)18-15(20-13)25-3;/h4-6H,7-8H2,1-3H3,(H2,17,18,19,20,21,22);. The normalized spacial score (nSPS) is 10.6. The Morgan fingerprint density at radius 3 is 2.57 bits per heavy atom. The van der Waals surface area contributed by atoms with Gasteiger partial charge in [0.05, 0.1) is 7.11 Å². The van der Waals surface area contributed by atoms with Crippen LogP contribution in [-0.4, -0.2) is 79.3 Å². The van der Waals surface area contributed by atoms with E-state index in [1.807, 2.05) is 4.72 Å². The maximum Gasteiger partial charge on any atom is 0.335 e. The summed E-state index contributed by atoms with van der Waals surface area (Å²) in [6, 6.07) is 3.32. The number of nitrogens with zero attached hydrogens (tertiary/aromatic N) is 3. The summed E-state index contributed by atoms with van der Waals surface area (Å²) in [5, 5.41) is 2.19. The first-order valence-electron chi connectivity index (χ1n) is 7.65. The minimum absolute atomic E-state index is 0. The quantitative estimate of drug-likeness (QED) is 0.631. The number of aromatic nitrogens is 3. The Bertz CT molecular complexity index is 944. The van der Waals surface area contributed by atoms with Gasteiger partial charge >= 0.3 is 12.0 Å². The number of hydrogen-bond acceptors (Lipinski definition) is 8. The van der Waals surface area contributed by atoms with Gasteiger partial charge in [0.1, 0.15) is 29.8 Å². The van der Waals surface area contributed by atoms with Crippen LogP contribution in [0.4, 0.5) is 15.1 Å². The summed E-state index contributed by atoms with van der Waals surface area (Å²) in [6.07, 6.45) is 0. The zero-order chi connectivity index (χ0) is 20.0. The largest absolute Gasteiger partial charge is 0.489 e. The second-order valence-electron chi connectivity index (χ2n) is 5.19. The molecule has 0 saturated heterocycles. The molecule has 1 aromatic heterocycles. The number of hydrogen-bond donors (Lipinski definition) is 2. The number of halogens is 1. The predicted molar refractivity (Wildman–Crippen MR) is 98.9 cm³/mol. The van der Waals surface area contributed by atoms with Gasteiger partial charge in [-0.05, 0) is 25.5 Å². The van der Waals surface area contributed by atoms with E-state index in [9.17, 15) is 17.6 Å². The summed E-state index contributed by atoms with van der Waals surface area (Å²) >= 11 is 0. The van der Waals surface area contributed by atoms with E-state index < -0.39 is 22.7 Å². The number of aryl methyl sites for hydroxylation is 2. The van der Waals surface area contributed by atoms with Crippen molar-refractivity contribution in [2.75, 3.05) is 25.7 Å². The van der Waals surface area contributed by atoms with E-state index in [2.05, 4.69) is 20.3 Å². The van der Waals surface area contributed by atoms with Crippen LogP contribution in [-0.2, 0) is 10.0 Å². The zero-order valence-corrected chi connectivity index (χ0v) is 18.6. The number of rotatable bonds is 7. The van der Waals surface area contributed by atoms with Gasteiger partial charge in [0.2, 0.25) is 5.95 Å². The molecule has 0 bridgehead atoms. The number of benzene rings is 1. The number of carbonyl (C=O) groups excluding carboxylic acids is 1. The second kappa shape index (κ2) is 10.5. The van der Waals surface area contributed by atoms with Crippen molar-refractivity contribution in [2.45, 2.75) is 18.7 Å². The van der Waals surface area contributed by atoms with Crippen LogP contribution in [0.3, 0.4) is 0 Å². The third-order valence-corrected chi connectivity index (χ3v) is 4.66. The van der Waals surface area contributed by atoms with Crippen LogP contribution in [0.15, 0.2) is 23.1 Å². The molecule has 10 nitrogen and oxygen atoms in total. The minimum atomic E-state index is -4.31. The molecule has 2 amide bonds. The first-order valence-corrected chi connectivity index (χ1v) is 9.14. The summed E-state index contributed by atoms with van der Waals surface area (Å²) in [5.41, 5.74) is 0.323. The molecule has 0 fully saturated rings. The van der Waals surface area contributed by atoms with Crippen LogP contribution in [0.5, 0.6) is 11.8 Å². The van der Waals surface area contributed by atoms with Crippen LogP contribution in [0.25, 0.3) is 0 Å². The molecule has 0 atom stereocenters. The van der Waals surface area contributed by atoms with Gasteiger partial charge in [0.15, 0.2) is 0 Å². The van der Waals surface area contributed by atoms with Gasteiger partial charge in [-0.3, -0.25) is 5.32 Å². The van der Waals surface area contributed by atoms with Gasteiger partial charge < -0.3 is 9.47 Å². The van der Waals surface area contributed by atoms with Crippen molar-refractivity contribution in [3.63, 3.8) is 0 Å². The van der Waals surface area contributed by atoms with E-state index in [0.29, 0.717) is 5.56 Å². The Balaban J connectivity index is 0.00000392. The summed E-state index contributed by atoms with van der Waals surface area (Å²) in [4.78, 5) is 23.3. The Morgan fingerprint density at radius 2 is 1.93 bits per heavy atom. The molecule has 28 heavy (non-hydrogen) atoms. The number of methoxy groups -OCH3 is 1. The van der Waals surface area contributed by atoms with Crippen molar-refractivity contribution in [1.82, 2.24) is 19.7 Å². The molecule has 1 aromatic carbocycles. The number of alkyl halides is 1. The zero-order valence-electron chi connectivity index (χ0n) is 15.8. The Hall–Kier alpha value is -2.02. The van der Waals surface area contributed by atoms with E-state index >= 15 is 0 Å². The van der Waals surface area contributed by atoms with E-state index in [-0.39, 0.29) is 64.6 Å². The summed E-state index contributed by atoms with van der Waals surface area (Å²) in [5.74, 6) is 0.0113. The Labute approximate surface area is 183 Å². The van der Waals surface area contributed by atoms with E-state index in [1.54, 1.807) is 13.0 Å². The molecule has 0 aliphatic carbocycles. The third-order valence-electron chi connectivity index (χ3n) is 3.14. The van der Waals surface area contributed by atoms with E-state index in [4.69, 9.17) is 9.47 Å². The van der Waals surface area contributed by atoms with Crippen molar-refractivity contribution in [3.05, 3.63) is 29.6 Å². The molecular weight excluding hydrogens is 404 g/mol. The molecule has 13 heteroatoms.